The van der Waals surface area contributed by atoms with Crippen LogP contribution in [0.3, 0.4) is 0 Å². The van der Waals surface area contributed by atoms with Gasteiger partial charge in [-0.15, -0.1) is 0 Å². The number of carbonyl (C=O) groups excluding carboxylic acids is 2. The van der Waals surface area contributed by atoms with Gasteiger partial charge in [0.15, 0.2) is 0 Å². The van der Waals surface area contributed by atoms with Crippen LogP contribution in [0.15, 0.2) is 65.7 Å². The Morgan fingerprint density at radius 1 is 1.09 bits per heavy atom. The molecule has 33 heavy (non-hydrogen) atoms. The largest absolute Gasteiger partial charge is 0.351 e. The molecule has 0 radical (unpaired) electrons. The summed E-state index contributed by atoms with van der Waals surface area (Å²) in [5, 5.41) is 6.49. The van der Waals surface area contributed by atoms with Gasteiger partial charge in [-0.25, -0.2) is 4.79 Å². The van der Waals surface area contributed by atoms with E-state index in [9.17, 15) is 14.4 Å². The van der Waals surface area contributed by atoms with Crippen molar-refractivity contribution in [2.45, 2.75) is 6.92 Å². The van der Waals surface area contributed by atoms with Crippen LogP contribution >= 0.6 is 0 Å². The van der Waals surface area contributed by atoms with Gasteiger partial charge in [-0.3, -0.25) is 14.5 Å². The summed E-state index contributed by atoms with van der Waals surface area (Å²) in [6.07, 6.45) is 3.56. The van der Waals surface area contributed by atoms with Crippen LogP contribution in [0.2, 0.25) is 0 Å². The number of aromatic amines is 1. The van der Waals surface area contributed by atoms with Crippen LogP contribution in [0.25, 0.3) is 22.0 Å². The summed E-state index contributed by atoms with van der Waals surface area (Å²) in [4.78, 5) is 41.2. The fourth-order valence-electron chi connectivity index (χ4n) is 3.85. The summed E-state index contributed by atoms with van der Waals surface area (Å²) >= 11 is 0. The van der Waals surface area contributed by atoms with Gasteiger partial charge in [-0.2, -0.15) is 0 Å². The number of rotatable bonds is 4. The molecule has 8 heteroatoms. The Morgan fingerprint density at radius 2 is 1.88 bits per heavy atom. The number of hydrogen-bond acceptors (Lipinski definition) is 3. The number of hydrogen-bond donors (Lipinski definition) is 3. The van der Waals surface area contributed by atoms with E-state index in [-0.39, 0.29) is 17.2 Å². The molecule has 8 nitrogen and oxygen atoms in total. The van der Waals surface area contributed by atoms with E-state index in [1.54, 1.807) is 18.3 Å². The highest BCUT2D eigenvalue weighted by atomic mass is 16.2. The summed E-state index contributed by atoms with van der Waals surface area (Å²) in [5.74, 6) is -0.206. The maximum atomic E-state index is 12.9. The first-order chi connectivity index (χ1) is 15.8. The quantitative estimate of drug-likeness (QED) is 0.446. The number of urea groups is 1. The Bertz CT molecular complexity index is 1430. The first-order valence-corrected chi connectivity index (χ1v) is 10.4. The molecule has 0 atom stereocenters. The monoisotopic (exact) mass is 443 g/mol. The Morgan fingerprint density at radius 3 is 2.64 bits per heavy atom. The number of pyridine rings is 1. The molecule has 2 aromatic carbocycles. The Balaban J connectivity index is 1.66. The third-order valence-corrected chi connectivity index (χ3v) is 5.80. The van der Waals surface area contributed by atoms with Gasteiger partial charge in [-0.1, -0.05) is 12.1 Å². The minimum Gasteiger partial charge on any atom is -0.351 e. The predicted molar refractivity (Wildman–Crippen MR) is 131 cm³/mol. The number of benzene rings is 2. The number of H-pyrrole nitrogens is 1. The molecule has 3 amide bonds. The van der Waals surface area contributed by atoms with Crippen molar-refractivity contribution in [2.75, 3.05) is 24.3 Å². The second-order valence-corrected chi connectivity index (χ2v) is 7.85. The first-order valence-electron chi connectivity index (χ1n) is 10.4. The molecule has 3 N–H and O–H groups in total. The van der Waals surface area contributed by atoms with Gasteiger partial charge < -0.3 is 20.2 Å². The molecule has 4 aromatic rings. The number of anilines is 2. The smallest absolute Gasteiger partial charge is 0.321 e. The van der Waals surface area contributed by atoms with Crippen LogP contribution in [0.5, 0.6) is 0 Å². The van der Waals surface area contributed by atoms with Crippen LogP contribution in [0.4, 0.5) is 16.2 Å². The van der Waals surface area contributed by atoms with Gasteiger partial charge >= 0.3 is 6.03 Å². The average molecular weight is 444 g/mol. The van der Waals surface area contributed by atoms with Crippen molar-refractivity contribution in [1.82, 2.24) is 14.9 Å². The number of aryl methyl sites for hydroxylation is 1. The molecular formula is C25H25N5O3. The van der Waals surface area contributed by atoms with Crippen LogP contribution in [-0.4, -0.2) is 35.6 Å². The molecule has 2 aromatic heterocycles. The third kappa shape index (κ3) is 4.10. The van der Waals surface area contributed by atoms with Crippen molar-refractivity contribution in [3.63, 3.8) is 0 Å². The Kier molecular flexibility index (Phi) is 5.74. The summed E-state index contributed by atoms with van der Waals surface area (Å²) in [5.41, 5.74) is 4.52. The minimum absolute atomic E-state index is 0.206. The van der Waals surface area contributed by atoms with E-state index in [1.165, 1.54) is 19.0 Å². The lowest BCUT2D eigenvalue weighted by molar-refractivity contribution is 0.102. The molecule has 0 aliphatic carbocycles. The van der Waals surface area contributed by atoms with Crippen LogP contribution in [0, 0.1) is 6.92 Å². The maximum Gasteiger partial charge on any atom is 0.321 e. The predicted octanol–water partition coefficient (Wildman–Crippen LogP) is 3.87. The van der Waals surface area contributed by atoms with Gasteiger partial charge in [0, 0.05) is 61.3 Å². The molecule has 2 heterocycles. The molecule has 0 aliphatic rings. The van der Waals surface area contributed by atoms with E-state index in [4.69, 9.17) is 0 Å². The molecule has 4 rings (SSSR count). The number of nitrogens with zero attached hydrogens (tertiary/aromatic N) is 2. The lowest BCUT2D eigenvalue weighted by atomic mass is 10.00. The first kappa shape index (κ1) is 21.9. The van der Waals surface area contributed by atoms with Gasteiger partial charge in [0.1, 0.15) is 5.69 Å². The molecule has 0 spiro atoms. The molecular weight excluding hydrogens is 418 g/mol. The number of fused-ring (bicyclic) bond motifs is 1. The van der Waals surface area contributed by atoms with Gasteiger partial charge in [-0.05, 0) is 54.4 Å². The number of amides is 3. The lowest BCUT2D eigenvalue weighted by Gasteiger charge is -2.17. The van der Waals surface area contributed by atoms with E-state index >= 15 is 0 Å². The molecule has 168 valence electrons. The van der Waals surface area contributed by atoms with Gasteiger partial charge in [0.05, 0.1) is 0 Å². The van der Waals surface area contributed by atoms with Crippen molar-refractivity contribution < 1.29 is 9.59 Å². The van der Waals surface area contributed by atoms with Crippen LogP contribution in [0.1, 0.15) is 15.9 Å². The Hall–Kier alpha value is -4.33. The zero-order valence-electron chi connectivity index (χ0n) is 18.9. The summed E-state index contributed by atoms with van der Waals surface area (Å²) in [7, 11) is 4.99. The fourth-order valence-corrected chi connectivity index (χ4v) is 3.85. The van der Waals surface area contributed by atoms with Crippen molar-refractivity contribution in [1.29, 1.82) is 0 Å². The number of nitrogens with one attached hydrogen (secondary N) is 3. The number of carbonyl (C=O) groups is 2. The summed E-state index contributed by atoms with van der Waals surface area (Å²) in [6, 6.07) is 14.4. The normalized spacial score (nSPS) is 10.8. The summed E-state index contributed by atoms with van der Waals surface area (Å²) in [6.45, 7) is 1.90. The van der Waals surface area contributed by atoms with E-state index in [1.807, 2.05) is 61.1 Å². The topological polar surface area (TPSA) is 99.2 Å². The highest BCUT2D eigenvalue weighted by Crippen LogP contribution is 2.30. The van der Waals surface area contributed by atoms with E-state index in [0.29, 0.717) is 11.3 Å². The van der Waals surface area contributed by atoms with Crippen molar-refractivity contribution in [3.8, 4) is 11.1 Å². The second-order valence-electron chi connectivity index (χ2n) is 7.85. The van der Waals surface area contributed by atoms with E-state index in [0.717, 1.165) is 27.6 Å². The molecule has 0 aliphatic heterocycles. The highest BCUT2D eigenvalue weighted by molar-refractivity contribution is 6.07. The maximum absolute atomic E-state index is 12.9. The third-order valence-electron chi connectivity index (χ3n) is 5.80. The minimum atomic E-state index is -0.397. The average Bonchev–Trinajstić information content (AvgIpc) is 3.20. The van der Waals surface area contributed by atoms with Crippen LogP contribution in [-0.2, 0) is 7.05 Å². The Labute approximate surface area is 190 Å². The lowest BCUT2D eigenvalue weighted by Crippen LogP contribution is -2.37. The fraction of sp³-hybridized carbons (Fsp3) is 0.160. The SMILES string of the molecule is CNC(=O)N(C)c1cc(-c2cccc(NC(=O)c3ccc4c(ccn4C)c3)c2C)c[nH]c1=O. The highest BCUT2D eigenvalue weighted by Gasteiger charge is 2.16. The van der Waals surface area contributed by atoms with E-state index < -0.39 is 6.03 Å². The molecule has 0 fully saturated rings. The number of aromatic nitrogens is 2. The van der Waals surface area contributed by atoms with Gasteiger partial charge in [0.2, 0.25) is 0 Å². The second kappa shape index (κ2) is 8.66. The molecule has 0 saturated heterocycles. The molecule has 0 saturated carbocycles. The summed E-state index contributed by atoms with van der Waals surface area (Å²) < 4.78 is 2.00. The zero-order chi connectivity index (χ0) is 23.7. The van der Waals surface area contributed by atoms with Crippen LogP contribution < -0.4 is 21.1 Å². The van der Waals surface area contributed by atoms with E-state index in [2.05, 4.69) is 15.6 Å². The van der Waals surface area contributed by atoms with Crippen molar-refractivity contribution in [3.05, 3.63) is 82.4 Å². The molecule has 0 bridgehead atoms. The standard InChI is InChI=1S/C25H25N5O3/c1-15-19(18-13-22(24(32)27-14-18)30(4)25(33)26-2)6-5-7-20(15)28-23(31)17-8-9-21-16(12-17)10-11-29(21)3/h5-14H,1-4H3,(H,26,33)(H,27,32)(H,28,31). The van der Waals surface area contributed by atoms with Crippen molar-refractivity contribution >= 4 is 34.2 Å². The molecule has 0 unspecified atom stereocenters. The van der Waals surface area contributed by atoms with Crippen molar-refractivity contribution in [2.24, 2.45) is 7.05 Å². The van der Waals surface area contributed by atoms with Gasteiger partial charge in [0.25, 0.3) is 11.5 Å². The zero-order valence-corrected chi connectivity index (χ0v) is 18.9.